The van der Waals surface area contributed by atoms with Gasteiger partial charge in [0.2, 0.25) is 0 Å². The Morgan fingerprint density at radius 3 is 2.78 bits per heavy atom. The number of benzene rings is 2. The fourth-order valence-electron chi connectivity index (χ4n) is 3.24. The normalized spacial score (nSPS) is 14.4. The molecule has 2 aromatic carbocycles. The van der Waals surface area contributed by atoms with Gasteiger partial charge in [-0.25, -0.2) is 4.79 Å². The molecule has 4 nitrogen and oxygen atoms in total. The minimum atomic E-state index is -0.359. The van der Waals surface area contributed by atoms with E-state index in [9.17, 15) is 9.59 Å². The van der Waals surface area contributed by atoms with Crippen LogP contribution in [0.4, 0.5) is 0 Å². The number of ketones is 1. The number of hydrogen-bond donors (Lipinski definition) is 0. The lowest BCUT2D eigenvalue weighted by atomic mass is 10.1. The smallest absolute Gasteiger partial charge is 0.338 e. The third-order valence-electron chi connectivity index (χ3n) is 4.54. The lowest BCUT2D eigenvalue weighted by molar-refractivity contribution is 0.0526. The van der Waals surface area contributed by atoms with Crippen LogP contribution in [0.25, 0.3) is 17.4 Å². The molecule has 0 amide bonds. The molecule has 1 heterocycles. The van der Waals surface area contributed by atoms with Gasteiger partial charge in [-0.05, 0) is 42.8 Å². The zero-order valence-electron chi connectivity index (χ0n) is 14.9. The molecule has 0 aliphatic heterocycles. The number of ether oxygens (including phenoxy) is 1. The standard InChI is InChI=1S/C23H18O4/c1-2-26-23(25)17-8-5-7-16(13-17)21-11-10-19(27-21)14-18-12-15-6-3-4-9-20(15)22(18)24/h3-11,13-14H,2,12H2,1H3. The Balaban J connectivity index is 1.59. The van der Waals surface area contributed by atoms with Crippen LogP contribution in [0.15, 0.2) is 70.7 Å². The van der Waals surface area contributed by atoms with Crippen LogP contribution in [0.1, 0.15) is 39.0 Å². The van der Waals surface area contributed by atoms with Crippen LogP contribution in [0, 0.1) is 0 Å². The van der Waals surface area contributed by atoms with Crippen molar-refractivity contribution in [3.8, 4) is 11.3 Å². The molecule has 0 saturated carbocycles. The zero-order valence-corrected chi connectivity index (χ0v) is 14.9. The average molecular weight is 358 g/mol. The molecular formula is C23H18O4. The summed E-state index contributed by atoms with van der Waals surface area (Å²) in [5.74, 6) is 0.939. The van der Waals surface area contributed by atoms with Gasteiger partial charge >= 0.3 is 5.97 Å². The number of hydrogen-bond acceptors (Lipinski definition) is 4. The Morgan fingerprint density at radius 1 is 1.11 bits per heavy atom. The second-order valence-corrected chi connectivity index (χ2v) is 6.34. The highest BCUT2D eigenvalue weighted by Crippen LogP contribution is 2.29. The second kappa shape index (κ2) is 7.08. The Morgan fingerprint density at radius 2 is 1.96 bits per heavy atom. The van der Waals surface area contributed by atoms with Crippen LogP contribution >= 0.6 is 0 Å². The monoisotopic (exact) mass is 358 g/mol. The van der Waals surface area contributed by atoms with Crippen molar-refractivity contribution in [2.75, 3.05) is 6.61 Å². The highest BCUT2D eigenvalue weighted by atomic mass is 16.5. The van der Waals surface area contributed by atoms with E-state index in [1.54, 1.807) is 31.2 Å². The summed E-state index contributed by atoms with van der Waals surface area (Å²) < 4.78 is 10.9. The maximum absolute atomic E-state index is 12.5. The van der Waals surface area contributed by atoms with Gasteiger partial charge in [-0.2, -0.15) is 0 Å². The molecule has 0 saturated heterocycles. The van der Waals surface area contributed by atoms with Gasteiger partial charge < -0.3 is 9.15 Å². The van der Waals surface area contributed by atoms with Gasteiger partial charge in [-0.3, -0.25) is 4.79 Å². The first kappa shape index (κ1) is 17.0. The van der Waals surface area contributed by atoms with Crippen LogP contribution in [0.2, 0.25) is 0 Å². The molecule has 0 N–H and O–H groups in total. The summed E-state index contributed by atoms with van der Waals surface area (Å²) in [5.41, 5.74) is 3.79. The van der Waals surface area contributed by atoms with E-state index in [2.05, 4.69) is 0 Å². The first-order chi connectivity index (χ1) is 13.2. The topological polar surface area (TPSA) is 56.5 Å². The SMILES string of the molecule is CCOC(=O)c1cccc(-c2ccc(C=C3Cc4ccccc4C3=O)o2)c1. The van der Waals surface area contributed by atoms with E-state index in [0.717, 1.165) is 22.3 Å². The zero-order chi connectivity index (χ0) is 18.8. The summed E-state index contributed by atoms with van der Waals surface area (Å²) in [5, 5.41) is 0. The van der Waals surface area contributed by atoms with Crippen LogP contribution < -0.4 is 0 Å². The summed E-state index contributed by atoms with van der Waals surface area (Å²) in [6.45, 7) is 2.11. The van der Waals surface area contributed by atoms with Gasteiger partial charge in [0.15, 0.2) is 5.78 Å². The average Bonchev–Trinajstić information content (AvgIpc) is 3.28. The number of Topliss-reactive ketones (excluding diaryl/α,β-unsaturated/α-hetero) is 1. The first-order valence-electron chi connectivity index (χ1n) is 8.86. The molecule has 0 fully saturated rings. The lowest BCUT2D eigenvalue weighted by Gasteiger charge is -2.03. The second-order valence-electron chi connectivity index (χ2n) is 6.34. The third-order valence-corrected chi connectivity index (χ3v) is 4.54. The maximum atomic E-state index is 12.5. The van der Waals surface area contributed by atoms with Crippen LogP contribution in [-0.2, 0) is 11.2 Å². The fraction of sp³-hybridized carbons (Fsp3) is 0.130. The Bertz CT molecular complexity index is 1060. The number of fused-ring (bicyclic) bond motifs is 1. The lowest BCUT2D eigenvalue weighted by Crippen LogP contribution is -2.04. The molecular weight excluding hydrogens is 340 g/mol. The molecule has 0 atom stereocenters. The van der Waals surface area contributed by atoms with E-state index in [1.807, 2.05) is 42.5 Å². The molecule has 0 unspecified atom stereocenters. The van der Waals surface area contributed by atoms with Gasteiger partial charge in [0.25, 0.3) is 0 Å². The minimum absolute atomic E-state index is 0.0489. The Labute approximate surface area is 157 Å². The number of carbonyl (C=O) groups excluding carboxylic acids is 2. The highest BCUT2D eigenvalue weighted by molar-refractivity contribution is 6.15. The predicted octanol–water partition coefficient (Wildman–Crippen LogP) is 4.95. The molecule has 4 rings (SSSR count). The number of allylic oxidation sites excluding steroid dienone is 1. The third kappa shape index (κ3) is 3.34. The van der Waals surface area contributed by atoms with Gasteiger partial charge in [0, 0.05) is 23.1 Å². The predicted molar refractivity (Wildman–Crippen MR) is 103 cm³/mol. The van der Waals surface area contributed by atoms with Crippen LogP contribution in [0.5, 0.6) is 0 Å². The first-order valence-corrected chi connectivity index (χ1v) is 8.86. The van der Waals surface area contributed by atoms with Gasteiger partial charge in [-0.1, -0.05) is 36.4 Å². The molecule has 0 radical (unpaired) electrons. The van der Waals surface area contributed by atoms with Crippen molar-refractivity contribution in [2.45, 2.75) is 13.3 Å². The van der Waals surface area contributed by atoms with Crippen LogP contribution in [0.3, 0.4) is 0 Å². The Hall–Kier alpha value is -3.40. The number of rotatable bonds is 4. The molecule has 1 aliphatic carbocycles. The molecule has 0 spiro atoms. The molecule has 3 aromatic rings. The molecule has 134 valence electrons. The van der Waals surface area contributed by atoms with Crippen LogP contribution in [-0.4, -0.2) is 18.4 Å². The van der Waals surface area contributed by atoms with Crippen molar-refractivity contribution in [1.82, 2.24) is 0 Å². The van der Waals surface area contributed by atoms with Crippen molar-refractivity contribution in [3.63, 3.8) is 0 Å². The van der Waals surface area contributed by atoms with Gasteiger partial charge in [-0.15, -0.1) is 0 Å². The van der Waals surface area contributed by atoms with Crippen molar-refractivity contribution in [1.29, 1.82) is 0 Å². The molecule has 0 bridgehead atoms. The number of carbonyl (C=O) groups is 2. The van der Waals surface area contributed by atoms with E-state index < -0.39 is 0 Å². The van der Waals surface area contributed by atoms with Gasteiger partial charge in [0.05, 0.1) is 12.2 Å². The Kier molecular flexibility index (Phi) is 4.47. The fourth-order valence-corrected chi connectivity index (χ4v) is 3.24. The van der Waals surface area contributed by atoms with Crippen molar-refractivity contribution in [2.24, 2.45) is 0 Å². The summed E-state index contributed by atoms with van der Waals surface area (Å²) in [6, 6.07) is 18.4. The molecule has 4 heteroatoms. The summed E-state index contributed by atoms with van der Waals surface area (Å²) in [6.07, 6.45) is 2.41. The molecule has 27 heavy (non-hydrogen) atoms. The quantitative estimate of drug-likeness (QED) is 0.489. The number of furan rings is 1. The summed E-state index contributed by atoms with van der Waals surface area (Å²) in [4.78, 5) is 24.4. The summed E-state index contributed by atoms with van der Waals surface area (Å²) >= 11 is 0. The van der Waals surface area contributed by atoms with Gasteiger partial charge in [0.1, 0.15) is 11.5 Å². The molecule has 1 aromatic heterocycles. The maximum Gasteiger partial charge on any atom is 0.338 e. The van der Waals surface area contributed by atoms with E-state index >= 15 is 0 Å². The van der Waals surface area contributed by atoms with E-state index in [0.29, 0.717) is 30.1 Å². The molecule has 1 aliphatic rings. The van der Waals surface area contributed by atoms with E-state index in [4.69, 9.17) is 9.15 Å². The van der Waals surface area contributed by atoms with E-state index in [-0.39, 0.29) is 11.8 Å². The number of esters is 1. The minimum Gasteiger partial charge on any atom is -0.462 e. The van der Waals surface area contributed by atoms with Crippen molar-refractivity contribution < 1.29 is 18.7 Å². The largest absolute Gasteiger partial charge is 0.462 e. The summed E-state index contributed by atoms with van der Waals surface area (Å²) in [7, 11) is 0. The highest BCUT2D eigenvalue weighted by Gasteiger charge is 2.24. The van der Waals surface area contributed by atoms with E-state index in [1.165, 1.54) is 0 Å². The van der Waals surface area contributed by atoms with Crippen molar-refractivity contribution in [3.05, 3.63) is 88.7 Å². The van der Waals surface area contributed by atoms with Crippen molar-refractivity contribution >= 4 is 17.8 Å².